The molecule has 3 amide bonds. The molecule has 1 unspecified atom stereocenters. The number of hydrogen-bond acceptors (Lipinski definition) is 5. The summed E-state index contributed by atoms with van der Waals surface area (Å²) in [7, 11) is 0. The second-order valence-corrected chi connectivity index (χ2v) is 10.1. The van der Waals surface area contributed by atoms with E-state index in [1.54, 1.807) is 36.4 Å². The Kier molecular flexibility index (Phi) is 10.4. The van der Waals surface area contributed by atoms with Crippen molar-refractivity contribution < 1.29 is 19.1 Å². The Morgan fingerprint density at radius 3 is 1.88 bits per heavy atom. The number of benzene rings is 4. The molecule has 4 rings (SSSR count). The largest absolute Gasteiger partial charge is 0.462 e. The van der Waals surface area contributed by atoms with Crippen molar-refractivity contribution >= 4 is 46.7 Å². The molecule has 8 heteroatoms. The standard InChI is InChI=1S/C32H31N3O4S/c1-2-3-22-39-31(37)24-14-16-26(17-15-24)33-30(36)29(23-10-6-4-7-11-23)40-28-20-18-27(19-21-28)35-32(38)34-25-12-8-5-9-13-25/h4-21,29H,2-3,22H2,1H3,(H,33,36)(H2,34,35,38). The molecule has 0 saturated carbocycles. The van der Waals surface area contributed by atoms with Gasteiger partial charge in [-0.1, -0.05) is 61.9 Å². The van der Waals surface area contributed by atoms with Crippen molar-refractivity contribution in [2.45, 2.75) is 29.9 Å². The zero-order valence-electron chi connectivity index (χ0n) is 22.1. The maximum atomic E-state index is 13.4. The van der Waals surface area contributed by atoms with E-state index in [0.717, 1.165) is 23.3 Å². The van der Waals surface area contributed by atoms with Gasteiger partial charge in [-0.2, -0.15) is 0 Å². The molecule has 0 fully saturated rings. The number of amides is 3. The van der Waals surface area contributed by atoms with E-state index in [9.17, 15) is 14.4 Å². The Balaban J connectivity index is 1.40. The molecule has 4 aromatic rings. The van der Waals surface area contributed by atoms with Gasteiger partial charge in [0.2, 0.25) is 5.91 Å². The van der Waals surface area contributed by atoms with Crippen molar-refractivity contribution in [1.82, 2.24) is 0 Å². The van der Waals surface area contributed by atoms with Gasteiger partial charge in [0, 0.05) is 22.0 Å². The number of carbonyl (C=O) groups is 3. The summed E-state index contributed by atoms with van der Waals surface area (Å²) in [5.41, 5.74) is 3.21. The maximum Gasteiger partial charge on any atom is 0.338 e. The second-order valence-electron chi connectivity index (χ2n) is 8.93. The van der Waals surface area contributed by atoms with Gasteiger partial charge in [-0.05, 0) is 72.6 Å². The van der Waals surface area contributed by atoms with Crippen LogP contribution in [-0.4, -0.2) is 24.5 Å². The molecule has 3 N–H and O–H groups in total. The van der Waals surface area contributed by atoms with Crippen molar-refractivity contribution in [2.75, 3.05) is 22.6 Å². The number of para-hydroxylation sites is 1. The molecule has 204 valence electrons. The van der Waals surface area contributed by atoms with Crippen molar-refractivity contribution in [2.24, 2.45) is 0 Å². The Labute approximate surface area is 238 Å². The third kappa shape index (κ3) is 8.47. The minimum Gasteiger partial charge on any atom is -0.462 e. The van der Waals surface area contributed by atoms with Gasteiger partial charge in [0.05, 0.1) is 12.2 Å². The molecule has 0 heterocycles. The summed E-state index contributed by atoms with van der Waals surface area (Å²) in [5.74, 6) is -0.571. The van der Waals surface area contributed by atoms with Crippen LogP contribution in [0, 0.1) is 0 Å². The lowest BCUT2D eigenvalue weighted by molar-refractivity contribution is -0.115. The van der Waals surface area contributed by atoms with Gasteiger partial charge in [-0.25, -0.2) is 9.59 Å². The van der Waals surface area contributed by atoms with E-state index in [2.05, 4.69) is 16.0 Å². The van der Waals surface area contributed by atoms with Crippen LogP contribution in [0.5, 0.6) is 0 Å². The normalized spacial score (nSPS) is 11.2. The Morgan fingerprint density at radius 2 is 1.25 bits per heavy atom. The smallest absolute Gasteiger partial charge is 0.338 e. The third-order valence-electron chi connectivity index (χ3n) is 5.86. The van der Waals surface area contributed by atoms with Crippen LogP contribution in [0.1, 0.15) is 40.9 Å². The number of hydrogen-bond donors (Lipinski definition) is 3. The molecule has 40 heavy (non-hydrogen) atoms. The highest BCUT2D eigenvalue weighted by Crippen LogP contribution is 2.36. The predicted octanol–water partition coefficient (Wildman–Crippen LogP) is 7.76. The fraction of sp³-hybridized carbons (Fsp3) is 0.156. The predicted molar refractivity (Wildman–Crippen MR) is 161 cm³/mol. The third-order valence-corrected chi connectivity index (χ3v) is 7.12. The summed E-state index contributed by atoms with van der Waals surface area (Å²) >= 11 is 1.40. The van der Waals surface area contributed by atoms with Gasteiger partial charge >= 0.3 is 12.0 Å². The molecule has 0 radical (unpaired) electrons. The molecule has 0 bridgehead atoms. The average molecular weight is 554 g/mol. The van der Waals surface area contributed by atoms with Crippen molar-refractivity contribution in [1.29, 1.82) is 0 Å². The van der Waals surface area contributed by atoms with Gasteiger partial charge in [-0.15, -0.1) is 11.8 Å². The first-order chi connectivity index (χ1) is 19.5. The topological polar surface area (TPSA) is 96.5 Å². The van der Waals surface area contributed by atoms with Crippen LogP contribution < -0.4 is 16.0 Å². The Morgan fingerprint density at radius 1 is 0.700 bits per heavy atom. The molecular formula is C32H31N3O4S. The molecule has 4 aromatic carbocycles. The highest BCUT2D eigenvalue weighted by atomic mass is 32.2. The molecule has 0 saturated heterocycles. The Hall–Kier alpha value is -4.56. The molecule has 0 aromatic heterocycles. The number of esters is 1. The average Bonchev–Trinajstić information content (AvgIpc) is 2.98. The summed E-state index contributed by atoms with van der Waals surface area (Å²) in [6.45, 7) is 2.43. The number of carbonyl (C=O) groups excluding carboxylic acids is 3. The van der Waals surface area contributed by atoms with E-state index < -0.39 is 5.25 Å². The van der Waals surface area contributed by atoms with Gasteiger partial charge in [-0.3, -0.25) is 4.79 Å². The number of rotatable bonds is 11. The zero-order chi connectivity index (χ0) is 28.2. The van der Waals surface area contributed by atoms with E-state index in [1.807, 2.05) is 79.7 Å². The molecular weight excluding hydrogens is 522 g/mol. The fourth-order valence-electron chi connectivity index (χ4n) is 3.76. The molecule has 7 nitrogen and oxygen atoms in total. The fourth-order valence-corrected chi connectivity index (χ4v) is 4.78. The summed E-state index contributed by atoms with van der Waals surface area (Å²) in [6.07, 6.45) is 1.77. The summed E-state index contributed by atoms with van der Waals surface area (Å²) < 4.78 is 5.25. The van der Waals surface area contributed by atoms with Gasteiger partial charge in [0.25, 0.3) is 0 Å². The first kappa shape index (κ1) is 28.4. The van der Waals surface area contributed by atoms with Crippen LogP contribution in [0.3, 0.4) is 0 Å². The molecule has 0 aliphatic rings. The van der Waals surface area contributed by atoms with Crippen LogP contribution in [0.4, 0.5) is 21.9 Å². The SMILES string of the molecule is CCCCOC(=O)c1ccc(NC(=O)C(Sc2ccc(NC(=O)Nc3ccccc3)cc2)c2ccccc2)cc1. The van der Waals surface area contributed by atoms with E-state index in [0.29, 0.717) is 29.2 Å². The van der Waals surface area contributed by atoms with Crippen molar-refractivity contribution in [3.05, 3.63) is 120 Å². The van der Waals surface area contributed by atoms with Crippen molar-refractivity contribution in [3.8, 4) is 0 Å². The van der Waals surface area contributed by atoms with Crippen LogP contribution >= 0.6 is 11.8 Å². The number of nitrogens with one attached hydrogen (secondary N) is 3. The van der Waals surface area contributed by atoms with Gasteiger partial charge in [0.1, 0.15) is 5.25 Å². The first-order valence-electron chi connectivity index (χ1n) is 13.0. The van der Waals surface area contributed by atoms with Crippen LogP contribution in [0.15, 0.2) is 114 Å². The van der Waals surface area contributed by atoms with Crippen molar-refractivity contribution in [3.63, 3.8) is 0 Å². The van der Waals surface area contributed by atoms with E-state index in [1.165, 1.54) is 11.8 Å². The molecule has 0 aliphatic heterocycles. The lowest BCUT2D eigenvalue weighted by atomic mass is 10.1. The molecule has 0 spiro atoms. The maximum absolute atomic E-state index is 13.4. The van der Waals surface area contributed by atoms with Crippen LogP contribution in [0.25, 0.3) is 0 Å². The number of ether oxygens (including phenoxy) is 1. The first-order valence-corrected chi connectivity index (χ1v) is 13.9. The number of anilines is 3. The van der Waals surface area contributed by atoms with E-state index in [-0.39, 0.29) is 17.9 Å². The lowest BCUT2D eigenvalue weighted by Crippen LogP contribution is -2.19. The number of urea groups is 1. The second kappa shape index (κ2) is 14.6. The minimum atomic E-state index is -0.528. The Bertz CT molecular complexity index is 1400. The quantitative estimate of drug-likeness (QED) is 0.100. The minimum absolute atomic E-state index is 0.195. The van der Waals surface area contributed by atoms with Crippen LogP contribution in [0.2, 0.25) is 0 Å². The number of thioether (sulfide) groups is 1. The van der Waals surface area contributed by atoms with E-state index in [4.69, 9.17) is 4.74 Å². The molecule has 0 aliphatic carbocycles. The zero-order valence-corrected chi connectivity index (χ0v) is 22.9. The number of unbranched alkanes of at least 4 members (excludes halogenated alkanes) is 1. The van der Waals surface area contributed by atoms with E-state index >= 15 is 0 Å². The summed E-state index contributed by atoms with van der Waals surface area (Å²) in [5, 5.41) is 8.03. The highest BCUT2D eigenvalue weighted by molar-refractivity contribution is 8.00. The van der Waals surface area contributed by atoms with Gasteiger partial charge < -0.3 is 20.7 Å². The summed E-state index contributed by atoms with van der Waals surface area (Å²) in [4.78, 5) is 38.8. The summed E-state index contributed by atoms with van der Waals surface area (Å²) in [6, 6.07) is 32.4. The van der Waals surface area contributed by atoms with Crippen LogP contribution in [-0.2, 0) is 9.53 Å². The molecule has 1 atom stereocenters. The lowest BCUT2D eigenvalue weighted by Gasteiger charge is -2.17. The van der Waals surface area contributed by atoms with Gasteiger partial charge in [0.15, 0.2) is 0 Å². The highest BCUT2D eigenvalue weighted by Gasteiger charge is 2.22. The monoisotopic (exact) mass is 553 g/mol.